The lowest BCUT2D eigenvalue weighted by atomic mass is 9.98. The van der Waals surface area contributed by atoms with Gasteiger partial charge in [0, 0.05) is 12.5 Å². The van der Waals surface area contributed by atoms with Gasteiger partial charge in [0.05, 0.1) is 12.6 Å². The number of aliphatic hydroxyl groups is 1. The molecule has 2 aromatic carbocycles. The number of nitrogens with one attached hydrogen (secondary N) is 2. The number of ether oxygens (including phenoxy) is 2. The maximum atomic E-state index is 12.5. The van der Waals surface area contributed by atoms with Crippen molar-refractivity contribution < 1.29 is 34.1 Å². The van der Waals surface area contributed by atoms with Gasteiger partial charge < -0.3 is 30.3 Å². The standard InChI is InChI=1S/C23H24N2O7/c26-11-19(22(28)29)24-21(27)20-18(9-10-31-20)25-23(30)32-12-17-15-7-3-1-5-13(15)14-6-2-4-8-16(14)17/h1-8,17-20,26H,9-12H2,(H,24,27)(H,25,30)(H,28,29)/t18?,19-,20?/m1/s1. The topological polar surface area (TPSA) is 134 Å². The highest BCUT2D eigenvalue weighted by molar-refractivity contribution is 5.87. The Labute approximate surface area is 184 Å². The van der Waals surface area contributed by atoms with E-state index < -0.39 is 42.8 Å². The van der Waals surface area contributed by atoms with Crippen LogP contribution in [0.3, 0.4) is 0 Å². The monoisotopic (exact) mass is 440 g/mol. The highest BCUT2D eigenvalue weighted by atomic mass is 16.6. The van der Waals surface area contributed by atoms with Gasteiger partial charge in [-0.25, -0.2) is 9.59 Å². The van der Waals surface area contributed by atoms with Crippen molar-refractivity contribution >= 4 is 18.0 Å². The fraction of sp³-hybridized carbons (Fsp3) is 0.348. The molecule has 0 radical (unpaired) electrons. The number of aliphatic hydroxyl groups excluding tert-OH is 1. The van der Waals surface area contributed by atoms with E-state index in [1.54, 1.807) is 0 Å². The van der Waals surface area contributed by atoms with Crippen LogP contribution in [0.1, 0.15) is 23.5 Å². The van der Waals surface area contributed by atoms with E-state index >= 15 is 0 Å². The van der Waals surface area contributed by atoms with Crippen LogP contribution in [0.25, 0.3) is 11.1 Å². The molecule has 2 unspecified atom stereocenters. The van der Waals surface area contributed by atoms with Gasteiger partial charge >= 0.3 is 12.1 Å². The molecule has 3 atom stereocenters. The second kappa shape index (κ2) is 9.37. The normalized spacial score (nSPS) is 20.2. The predicted octanol–water partition coefficient (Wildman–Crippen LogP) is 1.24. The van der Waals surface area contributed by atoms with Crippen LogP contribution in [0.2, 0.25) is 0 Å². The van der Waals surface area contributed by atoms with Crippen molar-refractivity contribution in [2.75, 3.05) is 19.8 Å². The number of carboxylic acids is 1. The highest BCUT2D eigenvalue weighted by Gasteiger charge is 2.37. The third-order valence-electron chi connectivity index (χ3n) is 5.79. The molecule has 1 fully saturated rings. The van der Waals surface area contributed by atoms with Gasteiger partial charge in [-0.3, -0.25) is 4.79 Å². The summed E-state index contributed by atoms with van der Waals surface area (Å²) in [5.74, 6) is -2.17. The lowest BCUT2D eigenvalue weighted by Gasteiger charge is -2.21. The van der Waals surface area contributed by atoms with Crippen LogP contribution in [0.15, 0.2) is 48.5 Å². The van der Waals surface area contributed by atoms with Crippen molar-refractivity contribution in [3.63, 3.8) is 0 Å². The zero-order valence-corrected chi connectivity index (χ0v) is 17.2. The van der Waals surface area contributed by atoms with E-state index in [1.165, 1.54) is 0 Å². The number of hydrogen-bond donors (Lipinski definition) is 4. The Balaban J connectivity index is 1.37. The summed E-state index contributed by atoms with van der Waals surface area (Å²) >= 11 is 0. The minimum Gasteiger partial charge on any atom is -0.480 e. The molecule has 32 heavy (non-hydrogen) atoms. The number of alkyl carbamates (subject to hydrolysis) is 1. The predicted molar refractivity (Wildman–Crippen MR) is 113 cm³/mol. The number of hydrogen-bond acceptors (Lipinski definition) is 6. The summed E-state index contributed by atoms with van der Waals surface area (Å²) in [6.45, 7) is -0.391. The van der Waals surface area contributed by atoms with Crippen LogP contribution in [0, 0.1) is 0 Å². The molecule has 2 amide bonds. The summed E-state index contributed by atoms with van der Waals surface area (Å²) in [6, 6.07) is 13.9. The number of rotatable bonds is 7. The van der Waals surface area contributed by atoms with E-state index in [1.807, 2.05) is 48.5 Å². The van der Waals surface area contributed by atoms with Crippen LogP contribution < -0.4 is 10.6 Å². The molecule has 0 bridgehead atoms. The van der Waals surface area contributed by atoms with Crippen LogP contribution in [0.5, 0.6) is 0 Å². The lowest BCUT2D eigenvalue weighted by molar-refractivity contribution is -0.145. The van der Waals surface area contributed by atoms with E-state index in [9.17, 15) is 14.4 Å². The van der Waals surface area contributed by atoms with Crippen molar-refractivity contribution in [2.24, 2.45) is 0 Å². The van der Waals surface area contributed by atoms with Crippen molar-refractivity contribution in [2.45, 2.75) is 30.5 Å². The van der Waals surface area contributed by atoms with Gasteiger partial charge in [-0.05, 0) is 28.7 Å². The van der Waals surface area contributed by atoms with E-state index in [0.29, 0.717) is 6.42 Å². The number of carbonyl (C=O) groups is 3. The average molecular weight is 440 g/mol. The SMILES string of the molecule is O=C(NC1CCOC1C(=O)N[C@H](CO)C(=O)O)OCC1c2ccccc2-c2ccccc21. The molecule has 1 aliphatic heterocycles. The summed E-state index contributed by atoms with van der Waals surface area (Å²) in [5.41, 5.74) is 4.42. The molecule has 1 saturated heterocycles. The summed E-state index contributed by atoms with van der Waals surface area (Å²) in [4.78, 5) is 35.9. The zero-order valence-electron chi connectivity index (χ0n) is 17.2. The quantitative estimate of drug-likeness (QED) is 0.509. The Hall–Kier alpha value is -3.43. The number of carbonyl (C=O) groups excluding carboxylic acids is 2. The van der Waals surface area contributed by atoms with Gasteiger partial charge in [-0.2, -0.15) is 0 Å². The van der Waals surface area contributed by atoms with Crippen molar-refractivity contribution in [3.05, 3.63) is 59.7 Å². The molecular formula is C23H24N2O7. The molecule has 0 spiro atoms. The average Bonchev–Trinajstić information content (AvgIpc) is 3.38. The first-order valence-electron chi connectivity index (χ1n) is 10.4. The van der Waals surface area contributed by atoms with E-state index in [0.717, 1.165) is 22.3 Å². The van der Waals surface area contributed by atoms with Gasteiger partial charge in [0.1, 0.15) is 12.6 Å². The van der Waals surface area contributed by atoms with Gasteiger partial charge in [-0.1, -0.05) is 48.5 Å². The van der Waals surface area contributed by atoms with Crippen LogP contribution in [0.4, 0.5) is 4.79 Å². The number of benzene rings is 2. The second-order valence-electron chi connectivity index (χ2n) is 7.74. The molecule has 0 saturated carbocycles. The van der Waals surface area contributed by atoms with Gasteiger partial charge in [0.15, 0.2) is 6.10 Å². The Morgan fingerprint density at radius 1 is 1.06 bits per heavy atom. The van der Waals surface area contributed by atoms with Gasteiger partial charge in [0.2, 0.25) is 0 Å². The maximum absolute atomic E-state index is 12.5. The maximum Gasteiger partial charge on any atom is 0.407 e. The summed E-state index contributed by atoms with van der Waals surface area (Å²) in [6.07, 6.45) is -1.37. The Morgan fingerprint density at radius 3 is 2.28 bits per heavy atom. The summed E-state index contributed by atoms with van der Waals surface area (Å²) in [5, 5.41) is 22.9. The van der Waals surface area contributed by atoms with Crippen molar-refractivity contribution in [1.82, 2.24) is 10.6 Å². The van der Waals surface area contributed by atoms with Crippen LogP contribution >= 0.6 is 0 Å². The molecule has 168 valence electrons. The molecule has 2 aliphatic rings. The molecule has 1 aliphatic carbocycles. The third kappa shape index (κ3) is 4.30. The first-order valence-corrected chi connectivity index (χ1v) is 10.4. The van der Waals surface area contributed by atoms with E-state index in [2.05, 4.69) is 10.6 Å². The van der Waals surface area contributed by atoms with E-state index in [4.69, 9.17) is 19.7 Å². The smallest absolute Gasteiger partial charge is 0.407 e. The van der Waals surface area contributed by atoms with E-state index in [-0.39, 0.29) is 19.1 Å². The number of fused-ring (bicyclic) bond motifs is 3. The van der Waals surface area contributed by atoms with Gasteiger partial charge in [0.25, 0.3) is 5.91 Å². The first kappa shape index (κ1) is 21.8. The molecule has 4 rings (SSSR count). The molecule has 2 aromatic rings. The van der Waals surface area contributed by atoms with Gasteiger partial charge in [-0.15, -0.1) is 0 Å². The third-order valence-corrected chi connectivity index (χ3v) is 5.79. The van der Waals surface area contributed by atoms with Crippen molar-refractivity contribution in [3.8, 4) is 11.1 Å². The molecule has 9 heteroatoms. The zero-order chi connectivity index (χ0) is 22.7. The molecular weight excluding hydrogens is 416 g/mol. The first-order chi connectivity index (χ1) is 15.5. The van der Waals surface area contributed by atoms with Crippen molar-refractivity contribution in [1.29, 1.82) is 0 Å². The summed E-state index contributed by atoms with van der Waals surface area (Å²) < 4.78 is 10.9. The molecule has 1 heterocycles. The number of carboxylic acid groups (broad SMARTS) is 1. The number of amides is 2. The fourth-order valence-electron chi connectivity index (χ4n) is 4.23. The molecule has 4 N–H and O–H groups in total. The largest absolute Gasteiger partial charge is 0.480 e. The Morgan fingerprint density at radius 2 is 1.69 bits per heavy atom. The number of aliphatic carboxylic acids is 1. The summed E-state index contributed by atoms with van der Waals surface area (Å²) in [7, 11) is 0. The molecule has 9 nitrogen and oxygen atoms in total. The highest BCUT2D eigenvalue weighted by Crippen LogP contribution is 2.44. The lowest BCUT2D eigenvalue weighted by Crippen LogP contribution is -2.53. The van der Waals surface area contributed by atoms with Crippen LogP contribution in [-0.2, 0) is 19.1 Å². The minimum atomic E-state index is -1.44. The second-order valence-corrected chi connectivity index (χ2v) is 7.74. The Bertz CT molecular complexity index is 979. The Kier molecular flexibility index (Phi) is 6.38. The van der Waals surface area contributed by atoms with Crippen LogP contribution in [-0.4, -0.2) is 66.2 Å². The fourth-order valence-corrected chi connectivity index (χ4v) is 4.23. The molecule has 0 aromatic heterocycles. The minimum absolute atomic E-state index is 0.0899.